The zero-order chi connectivity index (χ0) is 13.7. The first-order chi connectivity index (χ1) is 9.20. The summed E-state index contributed by atoms with van der Waals surface area (Å²) in [5, 5.41) is 3.30. The highest BCUT2D eigenvalue weighted by Gasteiger charge is 2.07. The molecule has 2 aromatic rings. The summed E-state index contributed by atoms with van der Waals surface area (Å²) in [6.45, 7) is 6.19. The lowest BCUT2D eigenvalue weighted by Gasteiger charge is -2.01. The molecule has 19 heavy (non-hydrogen) atoms. The molecule has 0 amide bonds. The van der Waals surface area contributed by atoms with Crippen LogP contribution in [0, 0.1) is 6.92 Å². The molecule has 0 saturated heterocycles. The number of nitrogens with one attached hydrogen (secondary N) is 1. The lowest BCUT2D eigenvalue weighted by Crippen LogP contribution is -2.14. The molecule has 0 fully saturated rings. The number of rotatable bonds is 6. The molecule has 0 aliphatic rings. The van der Waals surface area contributed by atoms with Crippen molar-refractivity contribution >= 4 is 15.9 Å². The van der Waals surface area contributed by atoms with E-state index in [2.05, 4.69) is 58.3 Å². The molecule has 4 heteroatoms. The molecule has 1 N–H and O–H groups in total. The van der Waals surface area contributed by atoms with Gasteiger partial charge in [-0.2, -0.15) is 0 Å². The SMILES string of the molecule is CCNCCCc1ncc(-c2ccc(C)c(Br)c2)o1. The normalized spacial score (nSPS) is 10.9. The standard InChI is InChI=1S/C15H19BrN2O/c1-3-17-8-4-5-15-18-10-14(19-15)12-7-6-11(2)13(16)9-12/h6-7,9-10,17H,3-5,8H2,1-2H3. The monoisotopic (exact) mass is 322 g/mol. The maximum Gasteiger partial charge on any atom is 0.194 e. The second-order valence-corrected chi connectivity index (χ2v) is 5.39. The van der Waals surface area contributed by atoms with E-state index in [0.717, 1.165) is 47.6 Å². The highest BCUT2D eigenvalue weighted by molar-refractivity contribution is 9.10. The van der Waals surface area contributed by atoms with E-state index in [1.54, 1.807) is 6.20 Å². The molecule has 0 aliphatic heterocycles. The Morgan fingerprint density at radius 3 is 2.95 bits per heavy atom. The van der Waals surface area contributed by atoms with Gasteiger partial charge in [-0.1, -0.05) is 35.0 Å². The zero-order valence-corrected chi connectivity index (χ0v) is 13.0. The van der Waals surface area contributed by atoms with Gasteiger partial charge in [0.1, 0.15) is 0 Å². The molecule has 0 unspecified atom stereocenters. The third-order valence-electron chi connectivity index (χ3n) is 3.00. The Hall–Kier alpha value is -1.13. The molecule has 1 aromatic heterocycles. The minimum absolute atomic E-state index is 0.810. The van der Waals surface area contributed by atoms with Gasteiger partial charge < -0.3 is 9.73 Å². The topological polar surface area (TPSA) is 38.1 Å². The number of oxazole rings is 1. The van der Waals surface area contributed by atoms with E-state index in [4.69, 9.17) is 4.42 Å². The number of hydrogen-bond acceptors (Lipinski definition) is 3. The first-order valence-electron chi connectivity index (χ1n) is 6.62. The van der Waals surface area contributed by atoms with E-state index in [9.17, 15) is 0 Å². The molecular formula is C15H19BrN2O. The average Bonchev–Trinajstić information content (AvgIpc) is 2.87. The Morgan fingerprint density at radius 2 is 2.21 bits per heavy atom. The maximum absolute atomic E-state index is 5.79. The van der Waals surface area contributed by atoms with Crippen LogP contribution < -0.4 is 5.32 Å². The lowest BCUT2D eigenvalue weighted by molar-refractivity contribution is 0.493. The molecule has 1 heterocycles. The van der Waals surface area contributed by atoms with E-state index in [1.165, 1.54) is 5.56 Å². The second-order valence-electron chi connectivity index (χ2n) is 4.54. The molecular weight excluding hydrogens is 304 g/mol. The molecule has 0 aliphatic carbocycles. The average molecular weight is 323 g/mol. The van der Waals surface area contributed by atoms with Crippen molar-refractivity contribution in [2.45, 2.75) is 26.7 Å². The van der Waals surface area contributed by atoms with Crippen LogP contribution in [0.5, 0.6) is 0 Å². The molecule has 0 atom stereocenters. The maximum atomic E-state index is 5.79. The van der Waals surface area contributed by atoms with Crippen LogP contribution in [0.25, 0.3) is 11.3 Å². The van der Waals surface area contributed by atoms with Gasteiger partial charge >= 0.3 is 0 Å². The third-order valence-corrected chi connectivity index (χ3v) is 3.86. The summed E-state index contributed by atoms with van der Waals surface area (Å²) in [6.07, 6.45) is 3.73. The van der Waals surface area contributed by atoms with Gasteiger partial charge in [0.15, 0.2) is 11.7 Å². The molecule has 0 saturated carbocycles. The van der Waals surface area contributed by atoms with Crippen LogP contribution in [0.4, 0.5) is 0 Å². The molecule has 0 spiro atoms. The number of benzene rings is 1. The summed E-state index contributed by atoms with van der Waals surface area (Å²) in [6, 6.07) is 6.20. The Bertz CT molecular complexity index is 537. The van der Waals surface area contributed by atoms with E-state index in [0.29, 0.717) is 0 Å². The van der Waals surface area contributed by atoms with Crippen molar-refractivity contribution in [1.82, 2.24) is 10.3 Å². The fourth-order valence-electron chi connectivity index (χ4n) is 1.85. The number of hydrogen-bond donors (Lipinski definition) is 1. The Labute approximate surface area is 122 Å². The largest absolute Gasteiger partial charge is 0.441 e. The van der Waals surface area contributed by atoms with Crippen molar-refractivity contribution in [1.29, 1.82) is 0 Å². The fourth-order valence-corrected chi connectivity index (χ4v) is 2.23. The number of aryl methyl sites for hydroxylation is 2. The molecule has 102 valence electrons. The van der Waals surface area contributed by atoms with Gasteiger partial charge in [0.25, 0.3) is 0 Å². The van der Waals surface area contributed by atoms with Crippen molar-refractivity contribution in [2.24, 2.45) is 0 Å². The summed E-state index contributed by atoms with van der Waals surface area (Å²) in [4.78, 5) is 4.33. The summed E-state index contributed by atoms with van der Waals surface area (Å²) in [7, 11) is 0. The highest BCUT2D eigenvalue weighted by atomic mass is 79.9. The second kappa shape index (κ2) is 6.87. The third kappa shape index (κ3) is 3.91. The van der Waals surface area contributed by atoms with Crippen LogP contribution in [0.2, 0.25) is 0 Å². The predicted octanol–water partition coefficient (Wildman–Crippen LogP) is 3.95. The Balaban J connectivity index is 2.01. The molecule has 0 radical (unpaired) electrons. The van der Waals surface area contributed by atoms with Crippen molar-refractivity contribution in [3.8, 4) is 11.3 Å². The molecule has 2 rings (SSSR count). The first kappa shape index (κ1) is 14.3. The minimum Gasteiger partial charge on any atom is -0.441 e. The van der Waals surface area contributed by atoms with Crippen molar-refractivity contribution in [3.05, 3.63) is 40.3 Å². The van der Waals surface area contributed by atoms with Gasteiger partial charge in [0.05, 0.1) is 6.20 Å². The number of aromatic nitrogens is 1. The van der Waals surface area contributed by atoms with Crippen LogP contribution >= 0.6 is 15.9 Å². The van der Waals surface area contributed by atoms with Crippen molar-refractivity contribution in [3.63, 3.8) is 0 Å². The Morgan fingerprint density at radius 1 is 1.37 bits per heavy atom. The van der Waals surface area contributed by atoms with Gasteiger partial charge in [-0.05, 0) is 38.1 Å². The van der Waals surface area contributed by atoms with Crippen molar-refractivity contribution in [2.75, 3.05) is 13.1 Å². The quantitative estimate of drug-likeness (QED) is 0.818. The van der Waals surface area contributed by atoms with Crippen LogP contribution in [0.1, 0.15) is 24.8 Å². The zero-order valence-electron chi connectivity index (χ0n) is 11.4. The van der Waals surface area contributed by atoms with E-state index >= 15 is 0 Å². The Kier molecular flexibility index (Phi) is 5.16. The summed E-state index contributed by atoms with van der Waals surface area (Å²) >= 11 is 3.54. The lowest BCUT2D eigenvalue weighted by atomic mass is 10.1. The number of halogens is 1. The van der Waals surface area contributed by atoms with Crippen molar-refractivity contribution < 1.29 is 4.42 Å². The first-order valence-corrected chi connectivity index (χ1v) is 7.42. The highest BCUT2D eigenvalue weighted by Crippen LogP contribution is 2.26. The van der Waals surface area contributed by atoms with E-state index in [1.807, 2.05) is 0 Å². The van der Waals surface area contributed by atoms with Crippen LogP contribution in [-0.2, 0) is 6.42 Å². The summed E-state index contributed by atoms with van der Waals surface area (Å²) < 4.78 is 6.88. The fraction of sp³-hybridized carbons (Fsp3) is 0.400. The summed E-state index contributed by atoms with van der Waals surface area (Å²) in [5.74, 6) is 1.64. The smallest absolute Gasteiger partial charge is 0.194 e. The number of nitrogens with zero attached hydrogens (tertiary/aromatic N) is 1. The van der Waals surface area contributed by atoms with Crippen LogP contribution in [-0.4, -0.2) is 18.1 Å². The molecule has 1 aromatic carbocycles. The van der Waals surface area contributed by atoms with Crippen LogP contribution in [0.15, 0.2) is 33.3 Å². The van der Waals surface area contributed by atoms with Gasteiger partial charge in [0.2, 0.25) is 0 Å². The molecule has 0 bridgehead atoms. The van der Waals surface area contributed by atoms with Crippen LogP contribution in [0.3, 0.4) is 0 Å². The van der Waals surface area contributed by atoms with Gasteiger partial charge in [0, 0.05) is 16.5 Å². The summed E-state index contributed by atoms with van der Waals surface area (Å²) in [5.41, 5.74) is 2.28. The van der Waals surface area contributed by atoms with Gasteiger partial charge in [-0.25, -0.2) is 4.98 Å². The van der Waals surface area contributed by atoms with E-state index < -0.39 is 0 Å². The van der Waals surface area contributed by atoms with Gasteiger partial charge in [-0.3, -0.25) is 0 Å². The van der Waals surface area contributed by atoms with Gasteiger partial charge in [-0.15, -0.1) is 0 Å². The molecule has 3 nitrogen and oxygen atoms in total. The predicted molar refractivity (Wildman–Crippen MR) is 81.2 cm³/mol. The minimum atomic E-state index is 0.810. The van der Waals surface area contributed by atoms with E-state index in [-0.39, 0.29) is 0 Å².